The van der Waals surface area contributed by atoms with Crippen LogP contribution in [0.3, 0.4) is 0 Å². The maximum Gasteiger partial charge on any atom is 0.481 e. The van der Waals surface area contributed by atoms with Crippen molar-refractivity contribution in [2.45, 2.75) is 148 Å². The van der Waals surface area contributed by atoms with Crippen LogP contribution in [-0.2, 0) is 50.7 Å². The zero-order chi connectivity index (χ0) is 50.0. The van der Waals surface area contributed by atoms with Gasteiger partial charge in [-0.1, -0.05) is 110 Å². The molecule has 29 heteroatoms. The summed E-state index contributed by atoms with van der Waals surface area (Å²) >= 11 is 0.926. The highest BCUT2D eigenvalue weighted by atomic mass is 32.2. The molecular weight excluding hydrogens is 970 g/mol. The van der Waals surface area contributed by atoms with Crippen molar-refractivity contribution in [3.8, 4) is 0 Å². The summed E-state index contributed by atoms with van der Waals surface area (Å²) in [6.45, 7) is 4.07. The number of aliphatic hydroxyl groups excluding tert-OH is 2. The van der Waals surface area contributed by atoms with E-state index in [4.69, 9.17) is 19.5 Å². The van der Waals surface area contributed by atoms with E-state index in [0.717, 1.165) is 54.7 Å². The van der Waals surface area contributed by atoms with Crippen LogP contribution in [0.25, 0.3) is 11.2 Å². The van der Waals surface area contributed by atoms with Gasteiger partial charge in [-0.2, -0.15) is 4.31 Å². The molecule has 67 heavy (non-hydrogen) atoms. The van der Waals surface area contributed by atoms with Crippen molar-refractivity contribution in [1.29, 1.82) is 0 Å². The van der Waals surface area contributed by atoms with Crippen LogP contribution in [-0.4, -0.2) is 129 Å². The number of hydrogen-bond donors (Lipinski definition) is 9. The van der Waals surface area contributed by atoms with Crippen molar-refractivity contribution in [2.24, 2.45) is 11.3 Å². The monoisotopic (exact) mass is 1040 g/mol. The number of phosphoric acid groups is 3. The van der Waals surface area contributed by atoms with E-state index in [1.807, 2.05) is 0 Å². The first-order valence-corrected chi connectivity index (χ1v) is 27.6. The normalized spacial score (nSPS) is 21.1. The lowest BCUT2D eigenvalue weighted by molar-refractivity contribution is -0.137. The van der Waals surface area contributed by atoms with Gasteiger partial charge < -0.3 is 50.9 Å². The SMILES string of the molecule is CCCCCCCCCCCCC[C@H](F)[C@@H](C)C(=O)SCCNC(=O)CCNC(=O)C(O)C(C)(C)COP(=O)(O)OP(=O)(O)OC[C@H]1O[C@@H](n2cnc3c(N)ncnc32)[C@H](O)[C@@H]1OP(=O)(O)O. The third-order valence-corrected chi connectivity index (χ3v) is 14.9. The minimum atomic E-state index is -5.59. The maximum atomic E-state index is 14.7. The molecule has 2 aromatic heterocycles. The number of nitrogen functional groups attached to an aromatic ring is 1. The Kier molecular flexibility index (Phi) is 24.4. The second kappa shape index (κ2) is 27.8. The number of carbonyl (C=O) groups excluding carboxylic acids is 3. The molecule has 0 saturated carbocycles. The summed E-state index contributed by atoms with van der Waals surface area (Å²) in [5.74, 6) is -2.10. The van der Waals surface area contributed by atoms with Gasteiger partial charge in [-0.25, -0.2) is 33.0 Å². The predicted molar refractivity (Wildman–Crippen MR) is 242 cm³/mol. The lowest BCUT2D eigenvalue weighted by Gasteiger charge is -2.30. The third-order valence-electron chi connectivity index (χ3n) is 10.7. The fraction of sp³-hybridized carbons (Fsp3) is 0.789. The molecule has 0 aliphatic carbocycles. The zero-order valence-electron chi connectivity index (χ0n) is 38.1. The summed E-state index contributed by atoms with van der Waals surface area (Å²) in [7, 11) is -16.5. The summed E-state index contributed by atoms with van der Waals surface area (Å²) in [5, 5.41) is 26.2. The molecule has 384 valence electrons. The quantitative estimate of drug-likeness (QED) is 0.0354. The van der Waals surface area contributed by atoms with Crippen molar-refractivity contribution in [3.63, 3.8) is 0 Å². The molecule has 1 aliphatic heterocycles. The van der Waals surface area contributed by atoms with Gasteiger partial charge in [0.15, 0.2) is 22.8 Å². The number of anilines is 1. The Morgan fingerprint density at radius 2 is 1.55 bits per heavy atom. The maximum absolute atomic E-state index is 14.7. The van der Waals surface area contributed by atoms with Gasteiger partial charge in [0.1, 0.15) is 42.4 Å². The highest BCUT2D eigenvalue weighted by molar-refractivity contribution is 8.13. The number of imidazole rings is 1. The minimum Gasteiger partial charge on any atom is -0.386 e. The van der Waals surface area contributed by atoms with Crippen LogP contribution in [0.15, 0.2) is 12.7 Å². The number of phosphoric ester groups is 3. The third kappa shape index (κ3) is 20.4. The van der Waals surface area contributed by atoms with E-state index in [1.54, 1.807) is 6.92 Å². The smallest absolute Gasteiger partial charge is 0.386 e. The number of halogens is 1. The fourth-order valence-electron chi connectivity index (χ4n) is 6.81. The molecule has 3 unspecified atom stereocenters. The molecule has 0 aromatic carbocycles. The predicted octanol–water partition coefficient (Wildman–Crippen LogP) is 4.34. The number of hydrogen-bond acceptors (Lipinski definition) is 18. The van der Waals surface area contributed by atoms with E-state index < -0.39 is 96.6 Å². The summed E-state index contributed by atoms with van der Waals surface area (Å²) < 4.78 is 77.1. The molecule has 3 rings (SSSR count). The Bertz CT molecular complexity index is 2040. The van der Waals surface area contributed by atoms with Gasteiger partial charge in [0.2, 0.25) is 11.8 Å². The molecule has 2 amide bonds. The summed E-state index contributed by atoms with van der Waals surface area (Å²) in [5.41, 5.74) is 4.24. The number of nitrogens with zero attached hydrogens (tertiary/aromatic N) is 4. The van der Waals surface area contributed by atoms with Crippen LogP contribution in [0.5, 0.6) is 0 Å². The summed E-state index contributed by atoms with van der Waals surface area (Å²) in [6.07, 6.45) is 4.71. The lowest BCUT2D eigenvalue weighted by Crippen LogP contribution is -2.46. The van der Waals surface area contributed by atoms with Crippen LogP contribution < -0.4 is 16.4 Å². The number of nitrogens with two attached hydrogens (primary N) is 1. The van der Waals surface area contributed by atoms with Crippen molar-refractivity contribution < 1.29 is 84.9 Å². The van der Waals surface area contributed by atoms with Crippen LogP contribution >= 0.6 is 35.2 Å². The van der Waals surface area contributed by atoms with Crippen molar-refractivity contribution in [1.82, 2.24) is 30.2 Å². The number of fused-ring (bicyclic) bond motifs is 1. The number of aliphatic hydroxyl groups is 2. The molecule has 0 radical (unpaired) electrons. The number of thioether (sulfide) groups is 1. The molecule has 0 bridgehead atoms. The van der Waals surface area contributed by atoms with Gasteiger partial charge in [0.25, 0.3) is 0 Å². The summed E-state index contributed by atoms with van der Waals surface area (Å²) in [4.78, 5) is 88.7. The Morgan fingerprint density at radius 3 is 2.18 bits per heavy atom. The second-order valence-corrected chi connectivity index (χ2v) is 22.2. The standard InChI is InChI=1S/C38H67FN7O17P3S/c1-5-6-7-8-9-10-11-12-13-14-15-16-26(39)25(2)37(51)67-20-19-41-28(47)17-18-42-35(50)32(49)38(3,4)22-60-66(57,58)63-65(55,56)59-21-27-31(62-64(52,53)54)30(48)36(61-27)46-24-45-29-33(40)43-23-44-34(29)46/h23-27,30-32,36,48-49H,5-22H2,1-4H3,(H,41,47)(H,42,50)(H,55,56)(H,57,58)(H2,40,43,44)(H2,52,53,54)/t25-,26+,27-,30-,31-,32?,36-/m1/s1. The molecule has 0 spiro atoms. The molecule has 24 nitrogen and oxygen atoms in total. The number of rotatable bonds is 33. The first-order valence-electron chi connectivity index (χ1n) is 22.1. The van der Waals surface area contributed by atoms with Crippen LogP contribution in [0.4, 0.5) is 10.2 Å². The van der Waals surface area contributed by atoms with Gasteiger partial charge >= 0.3 is 23.5 Å². The van der Waals surface area contributed by atoms with Gasteiger partial charge in [-0.3, -0.25) is 32.5 Å². The Labute approximate surface area is 392 Å². The lowest BCUT2D eigenvalue weighted by atomic mass is 9.87. The van der Waals surface area contributed by atoms with Crippen molar-refractivity contribution in [2.75, 3.05) is 37.8 Å². The highest BCUT2D eigenvalue weighted by Crippen LogP contribution is 2.61. The van der Waals surface area contributed by atoms with Crippen LogP contribution in [0.2, 0.25) is 0 Å². The first kappa shape index (κ1) is 58.8. The van der Waals surface area contributed by atoms with Gasteiger partial charge in [-0.05, 0) is 6.42 Å². The van der Waals surface area contributed by atoms with E-state index in [2.05, 4.69) is 41.3 Å². The number of aromatic nitrogens is 4. The molecule has 1 fully saturated rings. The van der Waals surface area contributed by atoms with Gasteiger partial charge in [0, 0.05) is 30.7 Å². The molecule has 1 aliphatic rings. The van der Waals surface area contributed by atoms with Crippen LogP contribution in [0, 0.1) is 11.3 Å². The van der Waals surface area contributed by atoms with E-state index in [1.165, 1.54) is 58.8 Å². The fourth-order valence-corrected chi connectivity index (χ4v) is 10.5. The number of carbonyl (C=O) groups is 3. The number of ether oxygens (including phenoxy) is 1. The van der Waals surface area contributed by atoms with Gasteiger partial charge in [-0.15, -0.1) is 0 Å². The van der Waals surface area contributed by atoms with E-state index in [9.17, 15) is 62.3 Å². The molecule has 3 heterocycles. The van der Waals surface area contributed by atoms with Crippen molar-refractivity contribution >= 4 is 69.1 Å². The molecule has 1 saturated heterocycles. The average Bonchev–Trinajstić information content (AvgIpc) is 3.81. The Hall–Kier alpha value is -2.51. The molecule has 2 aromatic rings. The Balaban J connectivity index is 1.35. The Morgan fingerprint density at radius 1 is 0.940 bits per heavy atom. The molecule has 10 N–H and O–H groups in total. The zero-order valence-corrected chi connectivity index (χ0v) is 41.6. The highest BCUT2D eigenvalue weighted by Gasteiger charge is 2.50. The van der Waals surface area contributed by atoms with E-state index >= 15 is 0 Å². The largest absolute Gasteiger partial charge is 0.481 e. The first-order chi connectivity index (χ1) is 31.4. The topological polar surface area (TPSA) is 364 Å². The number of nitrogens with one attached hydrogen (secondary N) is 2. The number of unbranched alkanes of at least 4 members (excludes halogenated alkanes) is 10. The van der Waals surface area contributed by atoms with Crippen molar-refractivity contribution in [3.05, 3.63) is 12.7 Å². The molecule has 9 atom stereocenters. The minimum absolute atomic E-state index is 0.0251. The number of alkyl halides is 1. The average molecular weight is 1040 g/mol. The number of amides is 2. The van der Waals surface area contributed by atoms with Gasteiger partial charge in [0.05, 0.1) is 25.5 Å². The van der Waals surface area contributed by atoms with E-state index in [0.29, 0.717) is 6.42 Å². The van der Waals surface area contributed by atoms with E-state index in [-0.39, 0.29) is 47.4 Å². The second-order valence-electron chi connectivity index (χ2n) is 16.9. The summed E-state index contributed by atoms with van der Waals surface area (Å²) in [6, 6.07) is 0. The molecular formula is C38H67FN7O17P3S. The van der Waals surface area contributed by atoms with Crippen LogP contribution in [0.1, 0.15) is 117 Å².